The molecule has 1 saturated carbocycles. The molecular weight excluding hydrogens is 266 g/mol. The fraction of sp³-hybridized carbons (Fsp3) is 0.625. The first-order valence-corrected chi connectivity index (χ1v) is 8.07. The fourth-order valence-corrected chi connectivity index (χ4v) is 3.08. The Morgan fingerprint density at radius 1 is 1.50 bits per heavy atom. The largest absolute Gasteiger partial charge is 0.360 e. The van der Waals surface area contributed by atoms with Gasteiger partial charge in [-0.05, 0) is 50.0 Å². The molecule has 1 aromatic heterocycles. The molecular formula is C16H25N3S. The predicted octanol–water partition coefficient (Wildman–Crippen LogP) is 3.50. The Bertz CT molecular complexity index is 415. The Morgan fingerprint density at radius 3 is 2.85 bits per heavy atom. The lowest BCUT2D eigenvalue weighted by molar-refractivity contribution is 0.300. The second-order valence-electron chi connectivity index (χ2n) is 5.69. The van der Waals surface area contributed by atoms with E-state index in [1.54, 1.807) is 0 Å². The van der Waals surface area contributed by atoms with Gasteiger partial charge in [0.25, 0.3) is 0 Å². The van der Waals surface area contributed by atoms with E-state index in [0.29, 0.717) is 12.1 Å². The van der Waals surface area contributed by atoms with Gasteiger partial charge in [0, 0.05) is 31.0 Å². The number of aromatic nitrogens is 1. The average Bonchev–Trinajstić information content (AvgIpc) is 2.99. The van der Waals surface area contributed by atoms with Crippen molar-refractivity contribution in [1.82, 2.24) is 15.2 Å². The monoisotopic (exact) mass is 291 g/mol. The summed E-state index contributed by atoms with van der Waals surface area (Å²) in [7, 11) is 0. The smallest absolute Gasteiger partial charge is 0.169 e. The lowest BCUT2D eigenvalue weighted by Gasteiger charge is -2.33. The second kappa shape index (κ2) is 7.58. The van der Waals surface area contributed by atoms with Crippen molar-refractivity contribution >= 4 is 17.3 Å². The summed E-state index contributed by atoms with van der Waals surface area (Å²) in [5, 5.41) is 4.36. The van der Waals surface area contributed by atoms with Crippen LogP contribution in [-0.2, 0) is 6.54 Å². The van der Waals surface area contributed by atoms with Crippen LogP contribution in [-0.4, -0.2) is 27.1 Å². The van der Waals surface area contributed by atoms with Crippen LogP contribution >= 0.6 is 12.2 Å². The summed E-state index contributed by atoms with van der Waals surface area (Å²) >= 11 is 5.65. The van der Waals surface area contributed by atoms with Gasteiger partial charge in [0.15, 0.2) is 5.11 Å². The minimum absolute atomic E-state index is 0.431. The molecule has 1 fully saturated rings. The van der Waals surface area contributed by atoms with E-state index in [9.17, 15) is 0 Å². The van der Waals surface area contributed by atoms with Crippen LogP contribution in [0, 0.1) is 0 Å². The van der Waals surface area contributed by atoms with Gasteiger partial charge in [-0.3, -0.25) is 4.98 Å². The van der Waals surface area contributed by atoms with Gasteiger partial charge in [-0.1, -0.05) is 25.8 Å². The van der Waals surface area contributed by atoms with Crippen molar-refractivity contribution in [2.24, 2.45) is 0 Å². The molecule has 20 heavy (non-hydrogen) atoms. The molecule has 0 amide bonds. The van der Waals surface area contributed by atoms with Gasteiger partial charge in [0.2, 0.25) is 0 Å². The maximum Gasteiger partial charge on any atom is 0.169 e. The van der Waals surface area contributed by atoms with E-state index in [1.807, 2.05) is 18.5 Å². The van der Waals surface area contributed by atoms with Crippen molar-refractivity contribution in [3.8, 4) is 0 Å². The molecule has 1 unspecified atom stereocenters. The normalized spacial score (nSPS) is 16.9. The van der Waals surface area contributed by atoms with Crippen LogP contribution in [0.1, 0.15) is 51.5 Å². The molecule has 0 aromatic carbocycles. The summed E-state index contributed by atoms with van der Waals surface area (Å²) in [6, 6.07) is 5.13. The molecule has 2 rings (SSSR count). The summed E-state index contributed by atoms with van der Waals surface area (Å²) in [4.78, 5) is 6.58. The molecule has 1 aromatic rings. The molecule has 1 atom stereocenters. The SMILES string of the molecule is CCC(C)NC(=S)N(Cc1cccnc1)C1CCCC1. The lowest BCUT2D eigenvalue weighted by atomic mass is 10.2. The van der Waals surface area contributed by atoms with Gasteiger partial charge < -0.3 is 10.2 Å². The molecule has 110 valence electrons. The Balaban J connectivity index is 2.06. The minimum atomic E-state index is 0.431. The predicted molar refractivity (Wildman–Crippen MR) is 87.5 cm³/mol. The topological polar surface area (TPSA) is 28.2 Å². The van der Waals surface area contributed by atoms with Crippen LogP contribution in [0.25, 0.3) is 0 Å². The Morgan fingerprint density at radius 2 is 2.25 bits per heavy atom. The van der Waals surface area contributed by atoms with E-state index in [1.165, 1.54) is 31.2 Å². The quantitative estimate of drug-likeness (QED) is 0.841. The Hall–Kier alpha value is -1.16. The maximum atomic E-state index is 5.65. The fourth-order valence-electron chi connectivity index (χ4n) is 2.67. The highest BCUT2D eigenvalue weighted by Gasteiger charge is 2.25. The van der Waals surface area contributed by atoms with E-state index in [2.05, 4.69) is 35.1 Å². The van der Waals surface area contributed by atoms with Gasteiger partial charge in [0.05, 0.1) is 0 Å². The van der Waals surface area contributed by atoms with E-state index in [0.717, 1.165) is 18.1 Å². The number of thiocarbonyl (C=S) groups is 1. The van der Waals surface area contributed by atoms with Crippen LogP contribution in [0.15, 0.2) is 24.5 Å². The summed E-state index contributed by atoms with van der Waals surface area (Å²) in [6.45, 7) is 5.23. The van der Waals surface area contributed by atoms with Crippen molar-refractivity contribution in [2.75, 3.05) is 0 Å². The molecule has 1 heterocycles. The molecule has 1 aliphatic rings. The highest BCUT2D eigenvalue weighted by atomic mass is 32.1. The van der Waals surface area contributed by atoms with Crippen LogP contribution < -0.4 is 5.32 Å². The third-order valence-electron chi connectivity index (χ3n) is 4.08. The highest BCUT2D eigenvalue weighted by molar-refractivity contribution is 7.80. The zero-order valence-electron chi connectivity index (χ0n) is 12.5. The first kappa shape index (κ1) is 15.2. The van der Waals surface area contributed by atoms with Gasteiger partial charge in [-0.15, -0.1) is 0 Å². The summed E-state index contributed by atoms with van der Waals surface area (Å²) in [6.07, 6.45) is 9.99. The van der Waals surface area contributed by atoms with Crippen molar-refractivity contribution in [2.45, 2.75) is 64.6 Å². The number of hydrogen-bond acceptors (Lipinski definition) is 2. The third kappa shape index (κ3) is 4.17. The zero-order valence-corrected chi connectivity index (χ0v) is 13.3. The van der Waals surface area contributed by atoms with E-state index in [-0.39, 0.29) is 0 Å². The maximum absolute atomic E-state index is 5.65. The number of nitrogens with one attached hydrogen (secondary N) is 1. The van der Waals surface area contributed by atoms with Gasteiger partial charge in [-0.2, -0.15) is 0 Å². The molecule has 4 heteroatoms. The van der Waals surface area contributed by atoms with Gasteiger partial charge in [-0.25, -0.2) is 0 Å². The average molecular weight is 291 g/mol. The first-order chi connectivity index (χ1) is 9.70. The Kier molecular flexibility index (Phi) is 5.77. The van der Waals surface area contributed by atoms with Crippen molar-refractivity contribution < 1.29 is 0 Å². The summed E-state index contributed by atoms with van der Waals surface area (Å²) < 4.78 is 0. The van der Waals surface area contributed by atoms with Crippen LogP contribution in [0.4, 0.5) is 0 Å². The molecule has 3 nitrogen and oxygen atoms in total. The number of nitrogens with zero attached hydrogens (tertiary/aromatic N) is 2. The van der Waals surface area contributed by atoms with E-state index in [4.69, 9.17) is 12.2 Å². The van der Waals surface area contributed by atoms with E-state index < -0.39 is 0 Å². The van der Waals surface area contributed by atoms with Gasteiger partial charge >= 0.3 is 0 Å². The summed E-state index contributed by atoms with van der Waals surface area (Å²) in [5.74, 6) is 0. The lowest BCUT2D eigenvalue weighted by Crippen LogP contribution is -2.47. The molecule has 1 aliphatic carbocycles. The van der Waals surface area contributed by atoms with Gasteiger partial charge in [0.1, 0.15) is 0 Å². The second-order valence-corrected chi connectivity index (χ2v) is 6.07. The minimum Gasteiger partial charge on any atom is -0.360 e. The summed E-state index contributed by atoms with van der Waals surface area (Å²) in [5.41, 5.74) is 1.23. The first-order valence-electron chi connectivity index (χ1n) is 7.66. The van der Waals surface area contributed by atoms with Crippen molar-refractivity contribution in [3.05, 3.63) is 30.1 Å². The zero-order chi connectivity index (χ0) is 14.4. The number of rotatable bonds is 5. The Labute approximate surface area is 127 Å². The molecule has 1 N–H and O–H groups in total. The van der Waals surface area contributed by atoms with Crippen LogP contribution in [0.2, 0.25) is 0 Å². The third-order valence-corrected chi connectivity index (χ3v) is 4.44. The van der Waals surface area contributed by atoms with Crippen molar-refractivity contribution in [1.29, 1.82) is 0 Å². The van der Waals surface area contributed by atoms with Crippen molar-refractivity contribution in [3.63, 3.8) is 0 Å². The molecule has 0 aliphatic heterocycles. The molecule has 0 radical (unpaired) electrons. The van der Waals surface area contributed by atoms with Crippen LogP contribution in [0.3, 0.4) is 0 Å². The molecule has 0 saturated heterocycles. The standard InChI is InChI=1S/C16H25N3S/c1-3-13(2)18-16(20)19(15-8-4-5-9-15)12-14-7-6-10-17-11-14/h6-7,10-11,13,15H,3-5,8-9,12H2,1-2H3,(H,18,20). The number of hydrogen-bond donors (Lipinski definition) is 1. The molecule has 0 bridgehead atoms. The highest BCUT2D eigenvalue weighted by Crippen LogP contribution is 2.25. The molecule has 0 spiro atoms. The van der Waals surface area contributed by atoms with E-state index >= 15 is 0 Å². The van der Waals surface area contributed by atoms with Crippen LogP contribution in [0.5, 0.6) is 0 Å². The number of pyridine rings is 1.